The molecule has 0 unspecified atom stereocenters. The van der Waals surface area contributed by atoms with Crippen molar-refractivity contribution in [1.82, 2.24) is 10.2 Å². The van der Waals surface area contributed by atoms with Crippen LogP contribution in [-0.2, 0) is 11.3 Å². The van der Waals surface area contributed by atoms with Gasteiger partial charge in [0.15, 0.2) is 0 Å². The number of methoxy groups -OCH3 is 1. The van der Waals surface area contributed by atoms with Gasteiger partial charge in [-0.3, -0.25) is 4.79 Å². The van der Waals surface area contributed by atoms with Crippen LogP contribution in [0.3, 0.4) is 0 Å². The average Bonchev–Trinajstić information content (AvgIpc) is 3.02. The highest BCUT2D eigenvalue weighted by atomic mass is 16.5. The van der Waals surface area contributed by atoms with E-state index in [-0.39, 0.29) is 24.1 Å². The van der Waals surface area contributed by atoms with Gasteiger partial charge in [0.05, 0.1) is 6.61 Å². The minimum Gasteiger partial charge on any atom is -0.490 e. The van der Waals surface area contributed by atoms with E-state index in [1.807, 2.05) is 32.0 Å². The second kappa shape index (κ2) is 16.1. The van der Waals surface area contributed by atoms with Crippen molar-refractivity contribution in [2.24, 2.45) is 0 Å². The van der Waals surface area contributed by atoms with Gasteiger partial charge in [-0.15, -0.1) is 0 Å². The quantitative estimate of drug-likeness (QED) is 0.188. The van der Waals surface area contributed by atoms with Crippen molar-refractivity contribution in [3.8, 4) is 17.2 Å². The lowest BCUT2D eigenvalue weighted by Crippen LogP contribution is -2.41. The standard InChI is InChI=1S/C35H46N4O5/c1-6-27(7-2)37-35(41)38-29-13-16-33(26(21-29)23-42-5)44-30-14-11-28(12-15-30)36-34(40)25-9-8-10-32(22-25)43-31-17-19-39(20-18-31)24(3)4/h8-16,21-22,24,27,31H,6-7,17-20,23H2,1-5H3,(H,36,40)(H2,37,38,41). The SMILES string of the molecule is CCC(CC)NC(=O)Nc1ccc(Oc2ccc(NC(=O)c3cccc(OC4CCN(C(C)C)CC4)c3)cc2)c(COC)c1. The van der Waals surface area contributed by atoms with Gasteiger partial charge in [-0.1, -0.05) is 19.9 Å². The third-order valence-electron chi connectivity index (χ3n) is 7.88. The molecular weight excluding hydrogens is 556 g/mol. The Hall–Kier alpha value is -4.08. The van der Waals surface area contributed by atoms with Gasteiger partial charge < -0.3 is 35.1 Å². The number of piperidine rings is 1. The lowest BCUT2D eigenvalue weighted by molar-refractivity contribution is 0.0840. The molecule has 0 radical (unpaired) electrons. The van der Waals surface area contributed by atoms with Crippen LogP contribution < -0.4 is 25.4 Å². The zero-order valence-electron chi connectivity index (χ0n) is 26.5. The highest BCUT2D eigenvalue weighted by Gasteiger charge is 2.22. The first kappa shape index (κ1) is 32.8. The molecule has 1 aliphatic rings. The van der Waals surface area contributed by atoms with Gasteiger partial charge in [-0.05, 0) is 100 Å². The van der Waals surface area contributed by atoms with Crippen molar-refractivity contribution in [3.05, 3.63) is 77.9 Å². The van der Waals surface area contributed by atoms with Crippen molar-refractivity contribution in [2.75, 3.05) is 30.8 Å². The number of hydrogen-bond donors (Lipinski definition) is 3. The third kappa shape index (κ3) is 9.46. The van der Waals surface area contributed by atoms with Crippen LogP contribution in [0, 0.1) is 0 Å². The fourth-order valence-corrected chi connectivity index (χ4v) is 5.22. The molecule has 1 fully saturated rings. The van der Waals surface area contributed by atoms with Crippen molar-refractivity contribution in [1.29, 1.82) is 0 Å². The van der Waals surface area contributed by atoms with Gasteiger partial charge in [-0.2, -0.15) is 0 Å². The largest absolute Gasteiger partial charge is 0.490 e. The van der Waals surface area contributed by atoms with E-state index in [0.29, 0.717) is 46.8 Å². The van der Waals surface area contributed by atoms with E-state index < -0.39 is 0 Å². The van der Waals surface area contributed by atoms with Gasteiger partial charge in [0.25, 0.3) is 5.91 Å². The molecule has 1 saturated heterocycles. The molecule has 1 aliphatic heterocycles. The van der Waals surface area contributed by atoms with E-state index >= 15 is 0 Å². The van der Waals surface area contributed by atoms with Gasteiger partial charge in [0.2, 0.25) is 0 Å². The Balaban J connectivity index is 1.33. The molecule has 3 aromatic carbocycles. The van der Waals surface area contributed by atoms with Crippen molar-refractivity contribution in [2.45, 2.75) is 78.2 Å². The number of nitrogens with zero attached hydrogens (tertiary/aromatic N) is 1. The van der Waals surface area contributed by atoms with Gasteiger partial charge in [-0.25, -0.2) is 4.79 Å². The van der Waals surface area contributed by atoms with E-state index in [0.717, 1.165) is 44.3 Å². The number of benzene rings is 3. The minimum atomic E-state index is -0.241. The first-order valence-corrected chi connectivity index (χ1v) is 15.6. The van der Waals surface area contributed by atoms with Crippen LogP contribution in [-0.4, -0.2) is 55.2 Å². The molecule has 1 heterocycles. The van der Waals surface area contributed by atoms with Gasteiger partial charge in [0, 0.05) is 54.8 Å². The lowest BCUT2D eigenvalue weighted by Gasteiger charge is -2.34. The highest BCUT2D eigenvalue weighted by Crippen LogP contribution is 2.30. The fourth-order valence-electron chi connectivity index (χ4n) is 5.22. The molecule has 236 valence electrons. The summed E-state index contributed by atoms with van der Waals surface area (Å²) in [5.41, 5.74) is 2.62. The Morgan fingerprint density at radius 2 is 1.59 bits per heavy atom. The fraction of sp³-hybridized carbons (Fsp3) is 0.429. The second-order valence-electron chi connectivity index (χ2n) is 11.4. The topological polar surface area (TPSA) is 101 Å². The van der Waals surface area contributed by atoms with E-state index in [1.54, 1.807) is 55.6 Å². The van der Waals surface area contributed by atoms with Crippen LogP contribution in [0.5, 0.6) is 17.2 Å². The predicted octanol–water partition coefficient (Wildman–Crippen LogP) is 7.44. The summed E-state index contributed by atoms with van der Waals surface area (Å²) in [6.45, 7) is 10.9. The predicted molar refractivity (Wildman–Crippen MR) is 175 cm³/mol. The molecule has 0 atom stereocenters. The maximum Gasteiger partial charge on any atom is 0.319 e. The second-order valence-corrected chi connectivity index (χ2v) is 11.4. The Bertz CT molecular complexity index is 1370. The van der Waals surface area contributed by atoms with Gasteiger partial charge in [0.1, 0.15) is 23.4 Å². The minimum absolute atomic E-state index is 0.130. The summed E-state index contributed by atoms with van der Waals surface area (Å²) in [6.07, 6.45) is 3.86. The van der Waals surface area contributed by atoms with Crippen LogP contribution in [0.15, 0.2) is 66.7 Å². The highest BCUT2D eigenvalue weighted by molar-refractivity contribution is 6.04. The first-order valence-electron chi connectivity index (χ1n) is 15.6. The summed E-state index contributed by atoms with van der Waals surface area (Å²) in [5.74, 6) is 1.72. The van der Waals surface area contributed by atoms with Crippen LogP contribution in [0.2, 0.25) is 0 Å². The number of nitrogens with one attached hydrogen (secondary N) is 3. The molecule has 0 bridgehead atoms. The number of anilines is 2. The van der Waals surface area contributed by atoms with E-state index in [9.17, 15) is 9.59 Å². The molecule has 3 N–H and O–H groups in total. The number of likely N-dealkylation sites (tertiary alicyclic amines) is 1. The number of amides is 3. The zero-order chi connectivity index (χ0) is 31.5. The number of hydrogen-bond acceptors (Lipinski definition) is 6. The lowest BCUT2D eigenvalue weighted by atomic mass is 10.1. The number of ether oxygens (including phenoxy) is 3. The number of carbonyl (C=O) groups is 2. The molecular formula is C35H46N4O5. The number of urea groups is 1. The zero-order valence-corrected chi connectivity index (χ0v) is 26.5. The monoisotopic (exact) mass is 602 g/mol. The number of carbonyl (C=O) groups excluding carboxylic acids is 2. The van der Waals surface area contributed by atoms with Crippen molar-refractivity contribution < 1.29 is 23.8 Å². The average molecular weight is 603 g/mol. The molecule has 0 aromatic heterocycles. The maximum absolute atomic E-state index is 13.0. The Kier molecular flexibility index (Phi) is 12.0. The van der Waals surface area contributed by atoms with Crippen molar-refractivity contribution in [3.63, 3.8) is 0 Å². The van der Waals surface area contributed by atoms with Crippen LogP contribution >= 0.6 is 0 Å². The molecule has 0 aliphatic carbocycles. The molecule has 9 heteroatoms. The molecule has 9 nitrogen and oxygen atoms in total. The molecule has 44 heavy (non-hydrogen) atoms. The van der Waals surface area contributed by atoms with E-state index in [1.165, 1.54) is 0 Å². The Morgan fingerprint density at radius 1 is 0.886 bits per heavy atom. The summed E-state index contributed by atoms with van der Waals surface area (Å²) >= 11 is 0. The van der Waals surface area contributed by atoms with Crippen LogP contribution in [0.25, 0.3) is 0 Å². The maximum atomic E-state index is 13.0. The van der Waals surface area contributed by atoms with Crippen LogP contribution in [0.4, 0.5) is 16.2 Å². The Morgan fingerprint density at radius 3 is 2.25 bits per heavy atom. The molecule has 0 spiro atoms. The van der Waals surface area contributed by atoms with E-state index in [2.05, 4.69) is 34.7 Å². The number of rotatable bonds is 13. The summed E-state index contributed by atoms with van der Waals surface area (Å²) < 4.78 is 17.7. The van der Waals surface area contributed by atoms with Gasteiger partial charge >= 0.3 is 6.03 Å². The van der Waals surface area contributed by atoms with Crippen LogP contribution in [0.1, 0.15) is 69.3 Å². The molecule has 4 rings (SSSR count). The third-order valence-corrected chi connectivity index (χ3v) is 7.88. The molecule has 3 aromatic rings. The summed E-state index contributed by atoms with van der Waals surface area (Å²) in [6, 6.07) is 20.4. The first-order chi connectivity index (χ1) is 21.3. The Labute approximate surface area is 261 Å². The summed E-state index contributed by atoms with van der Waals surface area (Å²) in [5, 5.41) is 8.82. The normalized spacial score (nSPS) is 14.0. The summed E-state index contributed by atoms with van der Waals surface area (Å²) in [7, 11) is 1.61. The molecule has 0 saturated carbocycles. The van der Waals surface area contributed by atoms with Crippen molar-refractivity contribution >= 4 is 23.3 Å². The van der Waals surface area contributed by atoms with E-state index in [4.69, 9.17) is 14.2 Å². The summed E-state index contributed by atoms with van der Waals surface area (Å²) in [4.78, 5) is 27.9. The smallest absolute Gasteiger partial charge is 0.319 e. The molecule has 3 amide bonds.